The number of carbonyl (C=O) groups excluding carboxylic acids is 2. The zero-order valence-electron chi connectivity index (χ0n) is 17.0. The molecule has 2 aliphatic rings. The first-order valence-corrected chi connectivity index (χ1v) is 12.5. The molecule has 2 fully saturated rings. The van der Waals surface area contributed by atoms with Gasteiger partial charge in [0, 0.05) is 5.56 Å². The van der Waals surface area contributed by atoms with Crippen molar-refractivity contribution in [3.8, 4) is 5.75 Å². The number of fused-ring (bicyclic) bond motifs is 2. The van der Waals surface area contributed by atoms with E-state index in [1.165, 1.54) is 0 Å². The Kier molecular flexibility index (Phi) is 7.23. The van der Waals surface area contributed by atoms with Crippen LogP contribution in [0.2, 0.25) is 0 Å². The van der Waals surface area contributed by atoms with Gasteiger partial charge in [-0.2, -0.15) is 34.8 Å². The quantitative estimate of drug-likeness (QED) is 0.161. The molecule has 0 radical (unpaired) electrons. The van der Waals surface area contributed by atoms with E-state index in [2.05, 4.69) is 0 Å². The van der Waals surface area contributed by atoms with Crippen molar-refractivity contribution in [1.82, 2.24) is 5.32 Å². The van der Waals surface area contributed by atoms with Gasteiger partial charge in [0.25, 0.3) is 16.0 Å². The summed E-state index contributed by atoms with van der Waals surface area (Å²) in [4.78, 5) is 25.0. The summed E-state index contributed by atoms with van der Waals surface area (Å²) in [6.07, 6.45) is -9.31. The van der Waals surface area contributed by atoms with Crippen molar-refractivity contribution >= 4 is 44.6 Å². The third-order valence-corrected chi connectivity index (χ3v) is 7.83. The largest absolute Gasteiger partial charge is 0.425 e. The summed E-state index contributed by atoms with van der Waals surface area (Å²) in [5.74, 6) is -5.50. The zero-order valence-corrected chi connectivity index (χ0v) is 20.0. The van der Waals surface area contributed by atoms with E-state index in [4.69, 9.17) is 9.29 Å². The van der Waals surface area contributed by atoms with Gasteiger partial charge in [-0.15, -0.1) is 0 Å². The second-order valence-electron chi connectivity index (χ2n) is 8.43. The van der Waals surface area contributed by atoms with Crippen LogP contribution in [-0.4, -0.2) is 48.5 Å². The van der Waals surface area contributed by atoms with E-state index in [1.807, 2.05) is 0 Å². The maximum absolute atomic E-state index is 13.5. The number of hydrogen-bond donors (Lipinski definition) is 2. The molecule has 3 rings (SSSR count). The number of benzene rings is 1. The lowest BCUT2D eigenvalue weighted by atomic mass is 9.89. The van der Waals surface area contributed by atoms with E-state index in [1.54, 1.807) is 22.6 Å². The van der Waals surface area contributed by atoms with Crippen LogP contribution in [0.1, 0.15) is 36.0 Å². The van der Waals surface area contributed by atoms with Gasteiger partial charge in [0.2, 0.25) is 5.54 Å². The fourth-order valence-electron chi connectivity index (χ4n) is 4.48. The molecule has 34 heavy (non-hydrogen) atoms. The van der Waals surface area contributed by atoms with E-state index in [9.17, 15) is 44.3 Å². The normalized spacial score (nSPS) is 23.1. The number of esters is 1. The molecule has 2 N–H and O–H groups in total. The standard InChI is InChI=1S/C19H18F6INO6S/c20-18(21,22)17(19(23,24)25,8-34(30,31)32)27-15(28)11-3-4-13(26)14(7-11)33-16(29)12-6-9-1-2-10(12)5-9/h3-4,7,9-10,12H,1-2,5-6,8H2,(H,27,28)(H,30,31,32). The summed E-state index contributed by atoms with van der Waals surface area (Å²) in [7, 11) is -5.85. The number of hydrogen-bond acceptors (Lipinski definition) is 5. The molecule has 1 aromatic carbocycles. The number of alkyl halides is 6. The van der Waals surface area contributed by atoms with Gasteiger partial charge in [0.15, 0.2) is 0 Å². The zero-order chi connectivity index (χ0) is 25.7. The van der Waals surface area contributed by atoms with Crippen LogP contribution in [0.15, 0.2) is 18.2 Å². The molecule has 190 valence electrons. The highest BCUT2D eigenvalue weighted by Crippen LogP contribution is 2.49. The molecule has 1 aromatic rings. The molecule has 2 bridgehead atoms. The number of halogens is 7. The summed E-state index contributed by atoms with van der Waals surface area (Å²) in [6, 6.07) is 2.83. The molecule has 0 aliphatic heterocycles. The molecule has 2 aliphatic carbocycles. The van der Waals surface area contributed by atoms with Crippen LogP contribution in [-0.2, 0) is 14.9 Å². The Hall–Kier alpha value is -1.62. The van der Waals surface area contributed by atoms with Crippen LogP contribution in [0.5, 0.6) is 5.75 Å². The summed E-state index contributed by atoms with van der Waals surface area (Å²) in [5.41, 5.74) is -6.03. The maximum atomic E-state index is 13.5. The SMILES string of the molecule is O=C(NC(CS(=O)(=O)O)(C(F)(F)F)C(F)(F)F)c1ccc(I)c(OC(=O)C2CC3CCC2C3)c1. The molecular weight excluding hydrogens is 611 g/mol. The molecule has 3 unspecified atom stereocenters. The topological polar surface area (TPSA) is 110 Å². The molecule has 0 saturated heterocycles. The molecule has 1 amide bonds. The van der Waals surface area contributed by atoms with Crippen molar-refractivity contribution in [3.05, 3.63) is 27.3 Å². The van der Waals surface area contributed by atoms with Crippen LogP contribution >= 0.6 is 22.6 Å². The van der Waals surface area contributed by atoms with Crippen LogP contribution < -0.4 is 10.1 Å². The smallest absolute Gasteiger partial charge is 0.421 e. The highest BCUT2D eigenvalue weighted by molar-refractivity contribution is 14.1. The van der Waals surface area contributed by atoms with Crippen molar-refractivity contribution in [1.29, 1.82) is 0 Å². The fourth-order valence-corrected chi connectivity index (χ4v) is 5.87. The van der Waals surface area contributed by atoms with Gasteiger partial charge in [-0.1, -0.05) is 6.42 Å². The monoisotopic (exact) mass is 629 g/mol. The molecule has 0 heterocycles. The van der Waals surface area contributed by atoms with E-state index < -0.39 is 51.2 Å². The second-order valence-corrected chi connectivity index (χ2v) is 11.0. The average Bonchev–Trinajstić information content (AvgIpc) is 3.29. The van der Waals surface area contributed by atoms with Crippen molar-refractivity contribution < 1.29 is 53.6 Å². The van der Waals surface area contributed by atoms with E-state index in [0.29, 0.717) is 17.7 Å². The summed E-state index contributed by atoms with van der Waals surface area (Å²) in [6.45, 7) is 0. The fraction of sp³-hybridized carbons (Fsp3) is 0.579. The number of amides is 1. The maximum Gasteiger partial charge on any atom is 0.421 e. The molecular formula is C19H18F6INO6S. The molecule has 2 saturated carbocycles. The first-order chi connectivity index (χ1) is 15.4. The molecule has 3 atom stereocenters. The minimum absolute atomic E-state index is 0.140. The Morgan fingerprint density at radius 2 is 1.71 bits per heavy atom. The lowest BCUT2D eigenvalue weighted by Gasteiger charge is -2.36. The molecule has 15 heteroatoms. The highest BCUT2D eigenvalue weighted by Gasteiger charge is 2.73. The van der Waals surface area contributed by atoms with Gasteiger partial charge in [-0.05, 0) is 71.9 Å². The van der Waals surface area contributed by atoms with E-state index >= 15 is 0 Å². The number of nitrogens with one attached hydrogen (secondary N) is 1. The first kappa shape index (κ1) is 27.0. The van der Waals surface area contributed by atoms with Crippen LogP contribution in [0.3, 0.4) is 0 Å². The minimum atomic E-state index is -6.34. The van der Waals surface area contributed by atoms with Crippen molar-refractivity contribution in [3.63, 3.8) is 0 Å². The van der Waals surface area contributed by atoms with Crippen molar-refractivity contribution in [2.75, 3.05) is 5.75 Å². The van der Waals surface area contributed by atoms with E-state index in [-0.39, 0.29) is 21.2 Å². The van der Waals surface area contributed by atoms with Gasteiger partial charge >= 0.3 is 18.3 Å². The Balaban J connectivity index is 1.88. The van der Waals surface area contributed by atoms with Gasteiger partial charge in [0.05, 0.1) is 9.49 Å². The third-order valence-electron chi connectivity index (χ3n) is 6.14. The number of carbonyl (C=O) groups is 2. The van der Waals surface area contributed by atoms with Crippen molar-refractivity contribution in [2.45, 2.75) is 43.6 Å². The first-order valence-electron chi connectivity index (χ1n) is 9.86. The van der Waals surface area contributed by atoms with Gasteiger partial charge < -0.3 is 10.1 Å². The Morgan fingerprint density at radius 1 is 1.09 bits per heavy atom. The molecule has 0 spiro atoms. The predicted molar refractivity (Wildman–Crippen MR) is 112 cm³/mol. The van der Waals surface area contributed by atoms with Crippen LogP contribution in [0.4, 0.5) is 26.3 Å². The number of rotatable bonds is 6. The summed E-state index contributed by atoms with van der Waals surface area (Å²) >= 11 is 1.71. The van der Waals surface area contributed by atoms with Crippen LogP contribution in [0.25, 0.3) is 0 Å². The van der Waals surface area contributed by atoms with Gasteiger partial charge in [0.1, 0.15) is 11.5 Å². The Labute approximate surface area is 203 Å². The van der Waals surface area contributed by atoms with E-state index in [0.717, 1.165) is 37.5 Å². The van der Waals surface area contributed by atoms with Gasteiger partial charge in [-0.3, -0.25) is 14.1 Å². The second kappa shape index (κ2) is 9.11. The predicted octanol–water partition coefficient (Wildman–Crippen LogP) is 4.11. The van der Waals surface area contributed by atoms with Crippen LogP contribution in [0, 0.1) is 21.3 Å². The van der Waals surface area contributed by atoms with Crippen molar-refractivity contribution in [2.24, 2.45) is 17.8 Å². The Morgan fingerprint density at radius 3 is 2.18 bits per heavy atom. The summed E-state index contributed by atoms with van der Waals surface area (Å²) < 4.78 is 117. The lowest BCUT2D eigenvalue weighted by molar-refractivity contribution is -0.296. The Bertz CT molecular complexity index is 1080. The third kappa shape index (κ3) is 5.45. The summed E-state index contributed by atoms with van der Waals surface area (Å²) in [5, 5.41) is 0.689. The molecule has 0 aromatic heterocycles. The molecule has 7 nitrogen and oxygen atoms in total. The minimum Gasteiger partial charge on any atom is -0.425 e. The highest BCUT2D eigenvalue weighted by atomic mass is 127. The van der Waals surface area contributed by atoms with Gasteiger partial charge in [-0.25, -0.2) is 0 Å². The number of ether oxygens (including phenoxy) is 1. The lowest BCUT2D eigenvalue weighted by Crippen LogP contribution is -2.70. The average molecular weight is 629 g/mol.